The predicted molar refractivity (Wildman–Crippen MR) is 87.4 cm³/mol. The number of hydrogen-bond donors (Lipinski definition) is 0. The summed E-state index contributed by atoms with van der Waals surface area (Å²) in [5.74, 6) is 1.62. The number of nitrogens with zero attached hydrogens (tertiary/aromatic N) is 2. The van der Waals surface area contributed by atoms with Gasteiger partial charge in [-0.25, -0.2) is 4.98 Å². The van der Waals surface area contributed by atoms with Crippen molar-refractivity contribution < 1.29 is 4.42 Å². The van der Waals surface area contributed by atoms with Gasteiger partial charge in [0.15, 0.2) is 5.76 Å². The van der Waals surface area contributed by atoms with Crippen molar-refractivity contribution in [2.24, 2.45) is 0 Å². The first-order valence-electron chi connectivity index (χ1n) is 7.18. The van der Waals surface area contributed by atoms with Crippen molar-refractivity contribution in [3.05, 3.63) is 72.8 Å². The molecule has 0 saturated carbocycles. The molecule has 2 aromatic carbocycles. The molecule has 0 N–H and O–H groups in total. The molecule has 0 unspecified atom stereocenters. The largest absolute Gasteiger partial charge is 0.460 e. The lowest BCUT2D eigenvalue weighted by atomic mass is 10.1. The zero-order chi connectivity index (χ0) is 14.9. The summed E-state index contributed by atoms with van der Waals surface area (Å²) >= 11 is 0. The second kappa shape index (κ2) is 5.11. The van der Waals surface area contributed by atoms with Gasteiger partial charge in [-0.15, -0.1) is 0 Å². The third-order valence-corrected chi connectivity index (χ3v) is 3.69. The maximum atomic E-state index is 5.57. The van der Waals surface area contributed by atoms with Gasteiger partial charge in [-0.05, 0) is 35.9 Å². The van der Waals surface area contributed by atoms with Crippen LogP contribution in [0.4, 0.5) is 0 Å². The SMILES string of the molecule is Cc1ccc(-c2cnc(-c3ccc4ccccc4c3)cn2)o1. The average molecular weight is 286 g/mol. The smallest absolute Gasteiger partial charge is 0.154 e. The number of rotatable bonds is 2. The second-order valence-corrected chi connectivity index (χ2v) is 5.26. The molecule has 22 heavy (non-hydrogen) atoms. The third kappa shape index (κ3) is 2.27. The molecular weight excluding hydrogens is 272 g/mol. The van der Waals surface area contributed by atoms with Crippen molar-refractivity contribution in [3.63, 3.8) is 0 Å². The molecule has 0 saturated heterocycles. The fourth-order valence-electron chi connectivity index (χ4n) is 2.53. The van der Waals surface area contributed by atoms with Crippen molar-refractivity contribution in [1.82, 2.24) is 9.97 Å². The molecule has 2 heterocycles. The lowest BCUT2D eigenvalue weighted by molar-refractivity contribution is 0.546. The van der Waals surface area contributed by atoms with Gasteiger partial charge < -0.3 is 4.42 Å². The molecule has 0 aliphatic heterocycles. The van der Waals surface area contributed by atoms with Gasteiger partial charge in [-0.1, -0.05) is 36.4 Å². The molecule has 0 aliphatic rings. The molecular formula is C19H14N2O. The van der Waals surface area contributed by atoms with Crippen molar-refractivity contribution >= 4 is 10.8 Å². The Morgan fingerprint density at radius 2 is 1.55 bits per heavy atom. The molecule has 0 bridgehead atoms. The van der Waals surface area contributed by atoms with Crippen LogP contribution in [0.3, 0.4) is 0 Å². The third-order valence-electron chi connectivity index (χ3n) is 3.69. The highest BCUT2D eigenvalue weighted by Gasteiger charge is 2.06. The molecule has 0 fully saturated rings. The zero-order valence-corrected chi connectivity index (χ0v) is 12.2. The van der Waals surface area contributed by atoms with Gasteiger partial charge in [0, 0.05) is 5.56 Å². The van der Waals surface area contributed by atoms with Crippen molar-refractivity contribution in [2.75, 3.05) is 0 Å². The molecule has 4 rings (SSSR count). The highest BCUT2D eigenvalue weighted by atomic mass is 16.3. The molecule has 3 heteroatoms. The number of aromatic nitrogens is 2. The molecule has 4 aromatic rings. The van der Waals surface area contributed by atoms with Gasteiger partial charge in [0.2, 0.25) is 0 Å². The molecule has 0 amide bonds. The summed E-state index contributed by atoms with van der Waals surface area (Å²) in [7, 11) is 0. The summed E-state index contributed by atoms with van der Waals surface area (Å²) < 4.78 is 5.57. The highest BCUT2D eigenvalue weighted by Crippen LogP contribution is 2.24. The summed E-state index contributed by atoms with van der Waals surface area (Å²) in [6.07, 6.45) is 3.54. The van der Waals surface area contributed by atoms with Crippen molar-refractivity contribution in [2.45, 2.75) is 6.92 Å². The number of hydrogen-bond acceptors (Lipinski definition) is 3. The van der Waals surface area contributed by atoms with Crippen LogP contribution >= 0.6 is 0 Å². The first kappa shape index (κ1) is 12.8. The molecule has 0 aliphatic carbocycles. The monoisotopic (exact) mass is 286 g/mol. The summed E-state index contributed by atoms with van der Waals surface area (Å²) in [4.78, 5) is 8.98. The fourth-order valence-corrected chi connectivity index (χ4v) is 2.53. The van der Waals surface area contributed by atoms with Crippen LogP contribution in [0, 0.1) is 6.92 Å². The maximum absolute atomic E-state index is 5.57. The lowest BCUT2D eigenvalue weighted by Crippen LogP contribution is -1.88. The zero-order valence-electron chi connectivity index (χ0n) is 12.2. The van der Waals surface area contributed by atoms with Crippen molar-refractivity contribution in [3.8, 4) is 22.7 Å². The van der Waals surface area contributed by atoms with Crippen LogP contribution in [0.25, 0.3) is 33.5 Å². The summed E-state index contributed by atoms with van der Waals surface area (Å²) in [5, 5.41) is 2.43. The van der Waals surface area contributed by atoms with Gasteiger partial charge in [0.1, 0.15) is 11.5 Å². The van der Waals surface area contributed by atoms with Crippen LogP contribution in [0.2, 0.25) is 0 Å². The minimum absolute atomic E-state index is 0.745. The minimum atomic E-state index is 0.745. The first-order chi connectivity index (χ1) is 10.8. The first-order valence-corrected chi connectivity index (χ1v) is 7.18. The van der Waals surface area contributed by atoms with E-state index in [2.05, 4.69) is 40.3 Å². The van der Waals surface area contributed by atoms with Crippen LogP contribution in [0.5, 0.6) is 0 Å². The van der Waals surface area contributed by atoms with E-state index in [4.69, 9.17) is 4.42 Å². The van der Waals surface area contributed by atoms with E-state index >= 15 is 0 Å². The van der Waals surface area contributed by atoms with E-state index in [1.54, 1.807) is 12.4 Å². The van der Waals surface area contributed by atoms with Gasteiger partial charge in [-0.2, -0.15) is 0 Å². The Balaban J connectivity index is 1.72. The second-order valence-electron chi connectivity index (χ2n) is 5.26. The van der Waals surface area contributed by atoms with Gasteiger partial charge in [0.25, 0.3) is 0 Å². The molecule has 0 atom stereocenters. The Morgan fingerprint density at radius 1 is 0.773 bits per heavy atom. The van der Waals surface area contributed by atoms with E-state index in [0.717, 1.165) is 28.5 Å². The quantitative estimate of drug-likeness (QED) is 0.528. The normalized spacial score (nSPS) is 11.0. The Bertz CT molecular complexity index is 939. The average Bonchev–Trinajstić information content (AvgIpc) is 3.01. The van der Waals surface area contributed by atoms with E-state index in [-0.39, 0.29) is 0 Å². The number of aryl methyl sites for hydroxylation is 1. The predicted octanol–water partition coefficient (Wildman–Crippen LogP) is 4.87. The highest BCUT2D eigenvalue weighted by molar-refractivity contribution is 5.86. The topological polar surface area (TPSA) is 38.9 Å². The maximum Gasteiger partial charge on any atom is 0.154 e. The van der Waals surface area contributed by atoms with Crippen molar-refractivity contribution in [1.29, 1.82) is 0 Å². The molecule has 3 nitrogen and oxygen atoms in total. The lowest BCUT2D eigenvalue weighted by Gasteiger charge is -2.04. The molecule has 0 radical (unpaired) electrons. The van der Waals surface area contributed by atoms with E-state index in [1.807, 2.05) is 31.2 Å². The summed E-state index contributed by atoms with van der Waals surface area (Å²) in [6.45, 7) is 1.92. The van der Waals surface area contributed by atoms with Gasteiger partial charge >= 0.3 is 0 Å². The Kier molecular flexibility index (Phi) is 2.97. The van der Waals surface area contributed by atoms with Crippen LogP contribution < -0.4 is 0 Å². The van der Waals surface area contributed by atoms with Crippen LogP contribution in [0.15, 0.2) is 71.4 Å². The summed E-state index contributed by atoms with van der Waals surface area (Å²) in [6, 6.07) is 18.4. The van der Waals surface area contributed by atoms with E-state index < -0.39 is 0 Å². The molecule has 0 spiro atoms. The fraction of sp³-hybridized carbons (Fsp3) is 0.0526. The number of benzene rings is 2. The molecule has 106 valence electrons. The minimum Gasteiger partial charge on any atom is -0.460 e. The van der Waals surface area contributed by atoms with E-state index in [0.29, 0.717) is 0 Å². The Hall–Kier alpha value is -2.94. The summed E-state index contributed by atoms with van der Waals surface area (Å²) in [5.41, 5.74) is 2.67. The number of fused-ring (bicyclic) bond motifs is 1. The van der Waals surface area contributed by atoms with E-state index in [1.165, 1.54) is 10.8 Å². The van der Waals surface area contributed by atoms with Gasteiger partial charge in [0.05, 0.1) is 18.1 Å². The van der Waals surface area contributed by atoms with Crippen LogP contribution in [0.1, 0.15) is 5.76 Å². The Morgan fingerprint density at radius 3 is 2.27 bits per heavy atom. The van der Waals surface area contributed by atoms with Crippen LogP contribution in [-0.2, 0) is 0 Å². The van der Waals surface area contributed by atoms with Crippen LogP contribution in [-0.4, -0.2) is 9.97 Å². The molecule has 2 aromatic heterocycles. The number of furan rings is 1. The Labute approximate surface area is 128 Å². The van der Waals surface area contributed by atoms with E-state index in [9.17, 15) is 0 Å². The van der Waals surface area contributed by atoms with Gasteiger partial charge in [-0.3, -0.25) is 4.98 Å². The standard InChI is InChI=1S/C19H14N2O/c1-13-6-9-19(22-13)18-12-20-17(11-21-18)16-8-7-14-4-2-3-5-15(14)10-16/h2-12H,1H3.